The molecule has 0 spiro atoms. The summed E-state index contributed by atoms with van der Waals surface area (Å²) < 4.78 is 16.7. The van der Waals surface area contributed by atoms with Gasteiger partial charge in [0.1, 0.15) is 13.2 Å². The van der Waals surface area contributed by atoms with Gasteiger partial charge in [0.15, 0.2) is 6.10 Å². The third-order valence-corrected chi connectivity index (χ3v) is 10.9. The average Bonchev–Trinajstić information content (AvgIpc) is 3.21. The molecule has 334 valence electrons. The number of allylic oxidation sites excluding steroid dienone is 4. The van der Waals surface area contributed by atoms with Crippen LogP contribution in [0.1, 0.15) is 265 Å². The van der Waals surface area contributed by atoms with Crippen LogP contribution in [-0.4, -0.2) is 37.2 Å². The summed E-state index contributed by atoms with van der Waals surface area (Å²) in [6.07, 6.45) is 51.6. The van der Waals surface area contributed by atoms with Crippen molar-refractivity contribution in [2.45, 2.75) is 271 Å². The standard InChI is InChI=1S/C51H94O6/c1-4-7-10-13-16-19-22-25-27-29-32-35-38-41-44-50(53)56-47-48(46-55-49(52)43-40-37-34-31-28-24-21-18-15-12-9-6-3)57-51(54)45-42-39-36-33-30-26-23-20-17-14-11-8-5-2/h26-27,29-30,48H,4-25,28,31-47H2,1-3H3/b29-27-,30-26-. The van der Waals surface area contributed by atoms with Crippen LogP contribution in [0.25, 0.3) is 0 Å². The summed E-state index contributed by atoms with van der Waals surface area (Å²) in [5.41, 5.74) is 0. The molecule has 0 bridgehead atoms. The highest BCUT2D eigenvalue weighted by Crippen LogP contribution is 2.15. The minimum atomic E-state index is -0.779. The third-order valence-electron chi connectivity index (χ3n) is 10.9. The van der Waals surface area contributed by atoms with Gasteiger partial charge in [-0.2, -0.15) is 0 Å². The second-order valence-corrected chi connectivity index (χ2v) is 16.7. The first-order valence-electron chi connectivity index (χ1n) is 24.8. The zero-order valence-corrected chi connectivity index (χ0v) is 38.1. The van der Waals surface area contributed by atoms with Crippen molar-refractivity contribution in [2.24, 2.45) is 0 Å². The molecular weight excluding hydrogens is 709 g/mol. The number of unbranched alkanes of at least 4 members (excludes halogenated alkanes) is 30. The van der Waals surface area contributed by atoms with E-state index in [2.05, 4.69) is 45.1 Å². The molecule has 1 unspecified atom stereocenters. The molecule has 0 amide bonds. The number of hydrogen-bond acceptors (Lipinski definition) is 6. The highest BCUT2D eigenvalue weighted by atomic mass is 16.6. The van der Waals surface area contributed by atoms with Crippen LogP contribution < -0.4 is 0 Å². The zero-order valence-electron chi connectivity index (χ0n) is 38.1. The largest absolute Gasteiger partial charge is 0.462 e. The Morgan fingerprint density at radius 1 is 0.333 bits per heavy atom. The lowest BCUT2D eigenvalue weighted by molar-refractivity contribution is -0.167. The number of hydrogen-bond donors (Lipinski definition) is 0. The molecule has 0 saturated carbocycles. The van der Waals surface area contributed by atoms with Gasteiger partial charge in [0.2, 0.25) is 0 Å². The van der Waals surface area contributed by atoms with Crippen LogP contribution in [0.2, 0.25) is 0 Å². The summed E-state index contributed by atoms with van der Waals surface area (Å²) in [7, 11) is 0. The van der Waals surface area contributed by atoms with Gasteiger partial charge in [-0.05, 0) is 70.6 Å². The van der Waals surface area contributed by atoms with Crippen molar-refractivity contribution in [3.63, 3.8) is 0 Å². The fourth-order valence-electron chi connectivity index (χ4n) is 7.14. The molecule has 0 N–H and O–H groups in total. The second kappa shape index (κ2) is 46.6. The van der Waals surface area contributed by atoms with Gasteiger partial charge < -0.3 is 14.2 Å². The van der Waals surface area contributed by atoms with Gasteiger partial charge in [0.25, 0.3) is 0 Å². The summed E-state index contributed by atoms with van der Waals surface area (Å²) >= 11 is 0. The Morgan fingerprint density at radius 2 is 0.579 bits per heavy atom. The van der Waals surface area contributed by atoms with Gasteiger partial charge in [-0.3, -0.25) is 14.4 Å². The first-order chi connectivity index (χ1) is 28.0. The van der Waals surface area contributed by atoms with Crippen LogP contribution in [0.3, 0.4) is 0 Å². The van der Waals surface area contributed by atoms with Crippen molar-refractivity contribution in [3.05, 3.63) is 24.3 Å². The maximum Gasteiger partial charge on any atom is 0.306 e. The summed E-state index contributed by atoms with van der Waals surface area (Å²) in [5, 5.41) is 0. The van der Waals surface area contributed by atoms with E-state index in [4.69, 9.17) is 14.2 Å². The van der Waals surface area contributed by atoms with E-state index in [9.17, 15) is 14.4 Å². The van der Waals surface area contributed by atoms with E-state index < -0.39 is 6.10 Å². The van der Waals surface area contributed by atoms with Crippen LogP contribution in [0, 0.1) is 0 Å². The maximum absolute atomic E-state index is 12.7. The maximum atomic E-state index is 12.7. The van der Waals surface area contributed by atoms with Crippen molar-refractivity contribution in [2.75, 3.05) is 13.2 Å². The Morgan fingerprint density at radius 3 is 0.895 bits per heavy atom. The summed E-state index contributed by atoms with van der Waals surface area (Å²) in [5.74, 6) is -0.903. The monoisotopic (exact) mass is 803 g/mol. The van der Waals surface area contributed by atoms with E-state index >= 15 is 0 Å². The van der Waals surface area contributed by atoms with Crippen LogP contribution in [0.15, 0.2) is 24.3 Å². The molecule has 0 aliphatic rings. The van der Waals surface area contributed by atoms with Crippen molar-refractivity contribution in [1.82, 2.24) is 0 Å². The zero-order chi connectivity index (χ0) is 41.5. The lowest BCUT2D eigenvalue weighted by Crippen LogP contribution is -2.30. The molecule has 0 aliphatic carbocycles. The average molecular weight is 803 g/mol. The van der Waals surface area contributed by atoms with Crippen molar-refractivity contribution >= 4 is 17.9 Å². The molecule has 0 saturated heterocycles. The smallest absolute Gasteiger partial charge is 0.306 e. The molecule has 0 rings (SSSR count). The molecule has 0 heterocycles. The van der Waals surface area contributed by atoms with E-state index in [1.54, 1.807) is 0 Å². The molecule has 0 aromatic carbocycles. The molecule has 0 fully saturated rings. The van der Waals surface area contributed by atoms with Crippen LogP contribution in [-0.2, 0) is 28.6 Å². The van der Waals surface area contributed by atoms with E-state index in [1.165, 1.54) is 141 Å². The van der Waals surface area contributed by atoms with Crippen molar-refractivity contribution in [3.8, 4) is 0 Å². The third kappa shape index (κ3) is 44.8. The molecule has 0 aliphatic heterocycles. The number of ether oxygens (including phenoxy) is 3. The Kier molecular flexibility index (Phi) is 44.9. The van der Waals surface area contributed by atoms with Gasteiger partial charge in [-0.1, -0.05) is 199 Å². The Hall–Kier alpha value is -2.11. The van der Waals surface area contributed by atoms with Gasteiger partial charge in [-0.25, -0.2) is 0 Å². The minimum absolute atomic E-state index is 0.0787. The molecule has 1 atom stereocenters. The lowest BCUT2D eigenvalue weighted by Gasteiger charge is -2.18. The van der Waals surface area contributed by atoms with E-state index in [-0.39, 0.29) is 31.1 Å². The minimum Gasteiger partial charge on any atom is -0.462 e. The topological polar surface area (TPSA) is 78.9 Å². The molecule has 0 aromatic rings. The van der Waals surface area contributed by atoms with Crippen LogP contribution in [0.5, 0.6) is 0 Å². The quantitative estimate of drug-likeness (QED) is 0.0264. The first kappa shape index (κ1) is 54.9. The number of carbonyl (C=O) groups excluding carboxylic acids is 3. The predicted molar refractivity (Wildman–Crippen MR) is 243 cm³/mol. The fraction of sp³-hybridized carbons (Fsp3) is 0.863. The lowest BCUT2D eigenvalue weighted by atomic mass is 10.0. The highest BCUT2D eigenvalue weighted by Gasteiger charge is 2.19. The van der Waals surface area contributed by atoms with Crippen LogP contribution in [0.4, 0.5) is 0 Å². The Balaban J connectivity index is 4.39. The first-order valence-corrected chi connectivity index (χ1v) is 24.8. The molecule has 0 aromatic heterocycles. The number of rotatable bonds is 45. The predicted octanol–water partition coefficient (Wildman–Crippen LogP) is 16.0. The second-order valence-electron chi connectivity index (χ2n) is 16.7. The van der Waals surface area contributed by atoms with Gasteiger partial charge >= 0.3 is 17.9 Å². The fourth-order valence-corrected chi connectivity index (χ4v) is 7.14. The molecular formula is C51H94O6. The molecule has 6 nitrogen and oxygen atoms in total. The van der Waals surface area contributed by atoms with Gasteiger partial charge in [0.05, 0.1) is 0 Å². The molecule has 0 radical (unpaired) electrons. The van der Waals surface area contributed by atoms with Gasteiger partial charge in [0, 0.05) is 19.3 Å². The Labute approximate surface area is 353 Å². The molecule has 6 heteroatoms. The summed E-state index contributed by atoms with van der Waals surface area (Å²) in [6, 6.07) is 0. The van der Waals surface area contributed by atoms with E-state index in [1.807, 2.05) is 0 Å². The van der Waals surface area contributed by atoms with Gasteiger partial charge in [-0.15, -0.1) is 0 Å². The van der Waals surface area contributed by atoms with E-state index in [0.717, 1.165) is 83.5 Å². The summed E-state index contributed by atoms with van der Waals surface area (Å²) in [4.78, 5) is 37.8. The summed E-state index contributed by atoms with van der Waals surface area (Å²) in [6.45, 7) is 6.61. The Bertz CT molecular complexity index is 927. The van der Waals surface area contributed by atoms with Crippen molar-refractivity contribution in [1.29, 1.82) is 0 Å². The number of esters is 3. The van der Waals surface area contributed by atoms with Crippen molar-refractivity contribution < 1.29 is 28.6 Å². The van der Waals surface area contributed by atoms with Crippen LogP contribution >= 0.6 is 0 Å². The normalized spacial score (nSPS) is 12.1. The highest BCUT2D eigenvalue weighted by molar-refractivity contribution is 5.71. The SMILES string of the molecule is CCCCCCCC/C=C\CCCCCC(=O)OC(COC(=O)CCCCC/C=C\CCCCCCCCC)COC(=O)CCCCCCCCCCCCCC. The number of carbonyl (C=O) groups is 3. The molecule has 57 heavy (non-hydrogen) atoms. The van der Waals surface area contributed by atoms with E-state index in [0.29, 0.717) is 19.3 Å².